The minimum atomic E-state index is 0.162. The van der Waals surface area contributed by atoms with Gasteiger partial charge in [0.15, 0.2) is 0 Å². The van der Waals surface area contributed by atoms with Crippen LogP contribution in [0.4, 0.5) is 0 Å². The average molecular weight is 351 g/mol. The molecular weight excluding hydrogens is 322 g/mol. The van der Waals surface area contributed by atoms with Crippen LogP contribution < -0.4 is 5.32 Å². The van der Waals surface area contributed by atoms with Crippen LogP contribution in [0.3, 0.4) is 0 Å². The number of nitrogens with one attached hydrogen (secondary N) is 1. The van der Waals surface area contributed by atoms with Gasteiger partial charge in [0.25, 0.3) is 0 Å². The van der Waals surface area contributed by atoms with Crippen molar-refractivity contribution in [2.45, 2.75) is 12.8 Å². The summed E-state index contributed by atoms with van der Waals surface area (Å²) in [5.74, 6) is 3.79. The van der Waals surface area contributed by atoms with Crippen molar-refractivity contribution in [3.63, 3.8) is 0 Å². The second kappa shape index (κ2) is 12.0. The minimum Gasteiger partial charge on any atom is -0.377 e. The summed E-state index contributed by atoms with van der Waals surface area (Å²) in [5, 5.41) is 2.97. The largest absolute Gasteiger partial charge is 0.377 e. The van der Waals surface area contributed by atoms with Gasteiger partial charge < -0.3 is 24.3 Å². The zero-order valence-electron chi connectivity index (χ0n) is 14.8. The molecule has 6 heteroatoms. The molecule has 1 N–H and O–H groups in total. The van der Waals surface area contributed by atoms with E-state index in [1.54, 1.807) is 0 Å². The molecule has 1 saturated carbocycles. The lowest BCUT2D eigenvalue weighted by Crippen LogP contribution is -2.35. The van der Waals surface area contributed by atoms with E-state index >= 15 is 0 Å². The monoisotopic (exact) mass is 351 g/mol. The summed E-state index contributed by atoms with van der Waals surface area (Å²) in [5.41, 5.74) is 0. The van der Waals surface area contributed by atoms with Crippen molar-refractivity contribution in [2.24, 2.45) is 17.8 Å². The summed E-state index contributed by atoms with van der Waals surface area (Å²) in [6, 6.07) is 0. The molecule has 2 rings (SSSR count). The topological polar surface area (TPSA) is 66.0 Å². The minimum absolute atomic E-state index is 0.162. The maximum absolute atomic E-state index is 12.1. The Kier molecular flexibility index (Phi) is 9.60. The van der Waals surface area contributed by atoms with Crippen molar-refractivity contribution in [1.82, 2.24) is 5.32 Å². The molecule has 0 aromatic heterocycles. The summed E-state index contributed by atoms with van der Waals surface area (Å²) in [7, 11) is 0. The first-order valence-electron chi connectivity index (χ1n) is 9.01. The molecule has 0 aliphatic heterocycles. The number of hydrogen-bond donors (Lipinski definition) is 1. The summed E-state index contributed by atoms with van der Waals surface area (Å²) >= 11 is 0. The molecule has 0 aromatic carbocycles. The quantitative estimate of drug-likeness (QED) is 0.287. The predicted octanol–water partition coefficient (Wildman–Crippen LogP) is 1.01. The molecule has 0 spiro atoms. The highest BCUT2D eigenvalue weighted by atomic mass is 16.6. The standard InChI is InChI=1S/C19H29NO5/c1-2-6-22-8-10-24-12-13-25-11-9-23-7-5-20-19(21)18-15-16-3-4-17(18)14-16/h1,3-4,16-18H,5-15H2,(H,20,21). The van der Waals surface area contributed by atoms with Gasteiger partial charge in [0.05, 0.1) is 46.2 Å². The van der Waals surface area contributed by atoms with Crippen LogP contribution in [0.15, 0.2) is 12.2 Å². The van der Waals surface area contributed by atoms with Crippen LogP contribution in [0.2, 0.25) is 0 Å². The molecule has 140 valence electrons. The third kappa shape index (κ3) is 7.57. The molecule has 2 bridgehead atoms. The lowest BCUT2D eigenvalue weighted by Gasteiger charge is -2.17. The molecule has 2 aliphatic rings. The van der Waals surface area contributed by atoms with Gasteiger partial charge >= 0.3 is 0 Å². The molecule has 25 heavy (non-hydrogen) atoms. The van der Waals surface area contributed by atoms with E-state index in [4.69, 9.17) is 25.4 Å². The van der Waals surface area contributed by atoms with E-state index in [2.05, 4.69) is 23.4 Å². The molecular formula is C19H29NO5. The lowest BCUT2D eigenvalue weighted by atomic mass is 9.93. The lowest BCUT2D eigenvalue weighted by molar-refractivity contribution is -0.126. The number of hydrogen-bond acceptors (Lipinski definition) is 5. The third-order valence-electron chi connectivity index (χ3n) is 4.46. The second-order valence-corrected chi connectivity index (χ2v) is 6.27. The van der Waals surface area contributed by atoms with Crippen LogP contribution in [0, 0.1) is 30.1 Å². The molecule has 0 heterocycles. The normalized spacial score (nSPS) is 23.7. The first kappa shape index (κ1) is 19.9. The fraction of sp³-hybridized carbons (Fsp3) is 0.737. The fourth-order valence-corrected chi connectivity index (χ4v) is 3.25. The van der Waals surface area contributed by atoms with Crippen molar-refractivity contribution in [1.29, 1.82) is 0 Å². The number of allylic oxidation sites excluding steroid dienone is 2. The Hall–Kier alpha value is -1.39. The number of rotatable bonds is 14. The maximum Gasteiger partial charge on any atom is 0.223 e. The van der Waals surface area contributed by atoms with E-state index in [0.29, 0.717) is 71.2 Å². The van der Waals surface area contributed by atoms with Crippen LogP contribution in [0.25, 0.3) is 0 Å². The van der Waals surface area contributed by atoms with Gasteiger partial charge in [-0.05, 0) is 24.7 Å². The smallest absolute Gasteiger partial charge is 0.223 e. The van der Waals surface area contributed by atoms with Crippen molar-refractivity contribution in [3.05, 3.63) is 12.2 Å². The average Bonchev–Trinajstić information content (AvgIpc) is 3.25. The Morgan fingerprint density at radius 2 is 1.60 bits per heavy atom. The molecule has 3 unspecified atom stereocenters. The summed E-state index contributed by atoms with van der Waals surface area (Å²) in [6.07, 6.45) is 11.6. The molecule has 6 nitrogen and oxygen atoms in total. The van der Waals surface area contributed by atoms with E-state index in [1.165, 1.54) is 0 Å². The van der Waals surface area contributed by atoms with Crippen LogP contribution in [-0.2, 0) is 23.7 Å². The zero-order valence-corrected chi connectivity index (χ0v) is 14.8. The number of carbonyl (C=O) groups excluding carboxylic acids is 1. The number of amides is 1. The summed E-state index contributed by atoms with van der Waals surface area (Å²) in [6.45, 7) is 4.46. The zero-order chi connectivity index (χ0) is 17.7. The van der Waals surface area contributed by atoms with E-state index in [0.717, 1.165) is 12.8 Å². The Morgan fingerprint density at radius 3 is 2.16 bits per heavy atom. The van der Waals surface area contributed by atoms with Crippen molar-refractivity contribution in [2.75, 3.05) is 59.4 Å². The molecule has 0 aromatic rings. The molecule has 2 aliphatic carbocycles. The molecule has 0 saturated heterocycles. The summed E-state index contributed by atoms with van der Waals surface area (Å²) < 4.78 is 21.2. The van der Waals surface area contributed by atoms with Crippen molar-refractivity contribution in [3.8, 4) is 12.3 Å². The van der Waals surface area contributed by atoms with Gasteiger partial charge in [0.1, 0.15) is 6.61 Å². The van der Waals surface area contributed by atoms with E-state index in [-0.39, 0.29) is 11.8 Å². The van der Waals surface area contributed by atoms with Gasteiger partial charge in [-0.3, -0.25) is 4.79 Å². The Bertz CT molecular complexity index is 459. The third-order valence-corrected chi connectivity index (χ3v) is 4.46. The van der Waals surface area contributed by atoms with Gasteiger partial charge in [0.2, 0.25) is 5.91 Å². The summed E-state index contributed by atoms with van der Waals surface area (Å²) in [4.78, 5) is 12.1. The number of carbonyl (C=O) groups is 1. The molecule has 1 fully saturated rings. The number of fused-ring (bicyclic) bond motifs is 2. The van der Waals surface area contributed by atoms with Crippen LogP contribution in [0.1, 0.15) is 12.8 Å². The van der Waals surface area contributed by atoms with Crippen molar-refractivity contribution < 1.29 is 23.7 Å². The Morgan fingerprint density at radius 1 is 0.960 bits per heavy atom. The number of ether oxygens (including phenoxy) is 4. The Balaban J connectivity index is 1.31. The van der Waals surface area contributed by atoms with E-state index in [1.807, 2.05) is 0 Å². The van der Waals surface area contributed by atoms with Gasteiger partial charge in [-0.25, -0.2) is 0 Å². The number of terminal acetylenes is 1. The Labute approximate surface area is 150 Å². The van der Waals surface area contributed by atoms with Crippen LogP contribution in [-0.4, -0.2) is 65.3 Å². The first-order chi connectivity index (χ1) is 12.3. The fourth-order valence-electron chi connectivity index (χ4n) is 3.25. The van der Waals surface area contributed by atoms with Crippen LogP contribution >= 0.6 is 0 Å². The van der Waals surface area contributed by atoms with E-state index in [9.17, 15) is 4.79 Å². The predicted molar refractivity (Wildman–Crippen MR) is 94.0 cm³/mol. The molecule has 1 amide bonds. The molecule has 3 atom stereocenters. The highest BCUT2D eigenvalue weighted by Gasteiger charge is 2.39. The van der Waals surface area contributed by atoms with Gasteiger partial charge in [-0.1, -0.05) is 18.1 Å². The second-order valence-electron chi connectivity index (χ2n) is 6.27. The first-order valence-corrected chi connectivity index (χ1v) is 9.01. The van der Waals surface area contributed by atoms with Crippen molar-refractivity contribution >= 4 is 5.91 Å². The SMILES string of the molecule is C#CCOCCOCCOCCOCCNC(=O)C1CC2C=CC1C2. The maximum atomic E-state index is 12.1. The molecule has 0 radical (unpaired) electrons. The highest BCUT2D eigenvalue weighted by molar-refractivity contribution is 5.79. The van der Waals surface area contributed by atoms with E-state index < -0.39 is 0 Å². The van der Waals surface area contributed by atoms with Gasteiger partial charge in [-0.15, -0.1) is 6.42 Å². The highest BCUT2D eigenvalue weighted by Crippen LogP contribution is 2.43. The van der Waals surface area contributed by atoms with Crippen LogP contribution in [0.5, 0.6) is 0 Å². The van der Waals surface area contributed by atoms with Gasteiger partial charge in [-0.2, -0.15) is 0 Å². The van der Waals surface area contributed by atoms with Gasteiger partial charge in [0, 0.05) is 12.5 Å².